The molecule has 1 heterocycles. The molecule has 1 aliphatic heterocycles. The highest BCUT2D eigenvalue weighted by molar-refractivity contribution is 4.96. The first-order valence-electron chi connectivity index (χ1n) is 8.25. The lowest BCUT2D eigenvalue weighted by Gasteiger charge is -2.39. The molecule has 0 aromatic heterocycles. The number of nitrogens with one attached hydrogen (secondary N) is 2. The summed E-state index contributed by atoms with van der Waals surface area (Å²) in [5.74, 6) is 2.10. The summed E-state index contributed by atoms with van der Waals surface area (Å²) in [6.45, 7) is 6.11. The van der Waals surface area contributed by atoms with Crippen molar-refractivity contribution >= 4 is 0 Å². The lowest BCUT2D eigenvalue weighted by Crippen LogP contribution is -2.46. The highest BCUT2D eigenvalue weighted by Gasteiger charge is 2.40. The molecule has 1 saturated heterocycles. The van der Waals surface area contributed by atoms with Gasteiger partial charge in [0.15, 0.2) is 0 Å². The molecule has 0 amide bonds. The minimum Gasteiger partial charge on any atom is -0.317 e. The van der Waals surface area contributed by atoms with Gasteiger partial charge in [0, 0.05) is 12.6 Å². The second-order valence-electron chi connectivity index (χ2n) is 7.16. The van der Waals surface area contributed by atoms with E-state index < -0.39 is 0 Å². The van der Waals surface area contributed by atoms with Gasteiger partial charge in [0.1, 0.15) is 0 Å². The molecule has 2 heteroatoms. The van der Waals surface area contributed by atoms with E-state index in [2.05, 4.69) is 17.6 Å². The van der Waals surface area contributed by atoms with E-state index in [-0.39, 0.29) is 0 Å². The maximum absolute atomic E-state index is 3.98. The summed E-state index contributed by atoms with van der Waals surface area (Å²) in [6.07, 6.45) is 11.6. The third kappa shape index (κ3) is 2.60. The van der Waals surface area contributed by atoms with Crippen LogP contribution < -0.4 is 10.6 Å². The van der Waals surface area contributed by atoms with Gasteiger partial charge >= 0.3 is 0 Å². The number of hydrogen-bond donors (Lipinski definition) is 2. The van der Waals surface area contributed by atoms with Crippen molar-refractivity contribution < 1.29 is 0 Å². The fourth-order valence-corrected chi connectivity index (χ4v) is 4.84. The van der Waals surface area contributed by atoms with E-state index in [9.17, 15) is 0 Å². The van der Waals surface area contributed by atoms with Gasteiger partial charge in [-0.05, 0) is 68.9 Å². The molecule has 2 aliphatic carbocycles. The van der Waals surface area contributed by atoms with Crippen LogP contribution in [0.1, 0.15) is 58.3 Å². The largest absolute Gasteiger partial charge is 0.317 e. The summed E-state index contributed by atoms with van der Waals surface area (Å²) < 4.78 is 0. The quantitative estimate of drug-likeness (QED) is 0.784. The van der Waals surface area contributed by atoms with Crippen molar-refractivity contribution in [3.05, 3.63) is 0 Å². The van der Waals surface area contributed by atoms with Gasteiger partial charge in [-0.1, -0.05) is 19.8 Å². The summed E-state index contributed by atoms with van der Waals surface area (Å²) in [5, 5.41) is 7.51. The molecule has 3 fully saturated rings. The normalized spacial score (nSPS) is 38.2. The fourth-order valence-electron chi connectivity index (χ4n) is 4.84. The van der Waals surface area contributed by atoms with E-state index in [1.165, 1.54) is 71.0 Å². The smallest absolute Gasteiger partial charge is 0.00982 e. The van der Waals surface area contributed by atoms with Crippen LogP contribution in [0.25, 0.3) is 0 Å². The number of fused-ring (bicyclic) bond motifs is 2. The Morgan fingerprint density at radius 2 is 2.00 bits per heavy atom. The predicted molar refractivity (Wildman–Crippen MR) is 76.7 cm³/mol. The maximum Gasteiger partial charge on any atom is 0.00982 e. The van der Waals surface area contributed by atoms with Crippen LogP contribution >= 0.6 is 0 Å². The van der Waals surface area contributed by atoms with Crippen LogP contribution in [0.5, 0.6) is 0 Å². The Bertz CT molecular complexity index is 265. The van der Waals surface area contributed by atoms with Gasteiger partial charge in [0.05, 0.1) is 0 Å². The van der Waals surface area contributed by atoms with Crippen molar-refractivity contribution in [1.82, 2.24) is 10.6 Å². The zero-order chi connectivity index (χ0) is 12.4. The van der Waals surface area contributed by atoms with Crippen molar-refractivity contribution in [2.45, 2.75) is 64.3 Å². The van der Waals surface area contributed by atoms with E-state index in [1.807, 2.05) is 0 Å². The third-order valence-electron chi connectivity index (χ3n) is 5.92. The van der Waals surface area contributed by atoms with E-state index in [0.29, 0.717) is 5.41 Å². The van der Waals surface area contributed by atoms with Gasteiger partial charge in [-0.2, -0.15) is 0 Å². The number of rotatable bonds is 5. The van der Waals surface area contributed by atoms with Crippen molar-refractivity contribution in [3.63, 3.8) is 0 Å². The Morgan fingerprint density at radius 3 is 2.61 bits per heavy atom. The molecule has 0 aromatic rings. The molecule has 3 rings (SSSR count). The molecule has 2 bridgehead atoms. The number of piperidine rings is 1. The van der Waals surface area contributed by atoms with Gasteiger partial charge in [0.25, 0.3) is 0 Å². The molecule has 0 aromatic carbocycles. The van der Waals surface area contributed by atoms with Crippen LogP contribution in [0.3, 0.4) is 0 Å². The summed E-state index contributed by atoms with van der Waals surface area (Å²) in [5.41, 5.74) is 0.613. The summed E-state index contributed by atoms with van der Waals surface area (Å²) in [7, 11) is 0. The first-order valence-corrected chi connectivity index (χ1v) is 8.25. The van der Waals surface area contributed by atoms with E-state index in [0.717, 1.165) is 17.9 Å². The molecule has 104 valence electrons. The molecule has 0 radical (unpaired) electrons. The van der Waals surface area contributed by atoms with Gasteiger partial charge in [-0.3, -0.25) is 0 Å². The molecular weight excluding hydrogens is 220 g/mol. The van der Waals surface area contributed by atoms with Crippen LogP contribution in [-0.2, 0) is 0 Å². The minimum absolute atomic E-state index is 0.613. The average molecular weight is 250 g/mol. The fraction of sp³-hybridized carbons (Fsp3) is 1.00. The highest BCUT2D eigenvalue weighted by Crippen LogP contribution is 2.45. The van der Waals surface area contributed by atoms with Crippen LogP contribution in [-0.4, -0.2) is 25.7 Å². The van der Waals surface area contributed by atoms with E-state index in [1.54, 1.807) is 0 Å². The Hall–Kier alpha value is -0.0800. The Morgan fingerprint density at radius 1 is 1.17 bits per heavy atom. The molecule has 3 aliphatic rings. The zero-order valence-corrected chi connectivity index (χ0v) is 12.0. The molecule has 18 heavy (non-hydrogen) atoms. The zero-order valence-electron chi connectivity index (χ0n) is 12.0. The second kappa shape index (κ2) is 5.50. The van der Waals surface area contributed by atoms with Crippen molar-refractivity contribution in [3.8, 4) is 0 Å². The van der Waals surface area contributed by atoms with Crippen molar-refractivity contribution in [2.24, 2.45) is 17.3 Å². The van der Waals surface area contributed by atoms with Crippen molar-refractivity contribution in [1.29, 1.82) is 0 Å². The summed E-state index contributed by atoms with van der Waals surface area (Å²) >= 11 is 0. The highest BCUT2D eigenvalue weighted by atomic mass is 15.0. The summed E-state index contributed by atoms with van der Waals surface area (Å²) in [4.78, 5) is 0. The third-order valence-corrected chi connectivity index (χ3v) is 5.92. The molecule has 2 N–H and O–H groups in total. The molecule has 3 unspecified atom stereocenters. The van der Waals surface area contributed by atoms with Crippen LogP contribution in [0.2, 0.25) is 0 Å². The molecule has 0 spiro atoms. The topological polar surface area (TPSA) is 24.1 Å². The van der Waals surface area contributed by atoms with Crippen LogP contribution in [0.15, 0.2) is 0 Å². The van der Waals surface area contributed by atoms with Gasteiger partial charge in [0.2, 0.25) is 0 Å². The SMILES string of the molecule is CCCC1(CNC2CC3CCC2C3)CCNCC1. The predicted octanol–water partition coefficient (Wildman–Crippen LogP) is 2.93. The standard InChI is InChI=1S/C16H30N2/c1-2-5-16(6-8-17-9-7-16)12-18-15-11-13-3-4-14(15)10-13/h13-15,17-18H,2-12H2,1H3. The van der Waals surface area contributed by atoms with Crippen molar-refractivity contribution in [2.75, 3.05) is 19.6 Å². The lowest BCUT2D eigenvalue weighted by atomic mass is 9.75. The molecule has 2 saturated carbocycles. The lowest BCUT2D eigenvalue weighted by molar-refractivity contribution is 0.162. The second-order valence-corrected chi connectivity index (χ2v) is 7.16. The van der Waals surface area contributed by atoms with Gasteiger partial charge in [-0.15, -0.1) is 0 Å². The molecule has 2 nitrogen and oxygen atoms in total. The summed E-state index contributed by atoms with van der Waals surface area (Å²) in [6, 6.07) is 0.868. The first kappa shape index (κ1) is 12.9. The minimum atomic E-state index is 0.613. The van der Waals surface area contributed by atoms with Gasteiger partial charge < -0.3 is 10.6 Å². The first-order chi connectivity index (χ1) is 8.81. The number of hydrogen-bond acceptors (Lipinski definition) is 2. The molecular formula is C16H30N2. The van der Waals surface area contributed by atoms with Gasteiger partial charge in [-0.25, -0.2) is 0 Å². The Labute approximate surface area is 112 Å². The van der Waals surface area contributed by atoms with E-state index in [4.69, 9.17) is 0 Å². The monoisotopic (exact) mass is 250 g/mol. The van der Waals surface area contributed by atoms with Crippen LogP contribution in [0, 0.1) is 17.3 Å². The van der Waals surface area contributed by atoms with E-state index >= 15 is 0 Å². The molecule has 3 atom stereocenters. The Balaban J connectivity index is 1.53. The average Bonchev–Trinajstić information content (AvgIpc) is 3.00. The maximum atomic E-state index is 3.98. The Kier molecular flexibility index (Phi) is 3.95. The van der Waals surface area contributed by atoms with Crippen LogP contribution in [0.4, 0.5) is 0 Å².